The number of rotatable bonds is 4. The summed E-state index contributed by atoms with van der Waals surface area (Å²) < 4.78 is 1.57. The van der Waals surface area contributed by atoms with E-state index in [4.69, 9.17) is 5.11 Å². The molecule has 8 nitrogen and oxygen atoms in total. The van der Waals surface area contributed by atoms with Gasteiger partial charge in [-0.3, -0.25) is 4.68 Å². The van der Waals surface area contributed by atoms with Crippen LogP contribution in [0.1, 0.15) is 15.5 Å². The van der Waals surface area contributed by atoms with Crippen molar-refractivity contribution < 1.29 is 14.7 Å². The summed E-state index contributed by atoms with van der Waals surface area (Å²) in [5.41, 5.74) is 0.555. The van der Waals surface area contributed by atoms with Crippen LogP contribution in [0.5, 0.6) is 0 Å². The van der Waals surface area contributed by atoms with Crippen molar-refractivity contribution in [1.82, 2.24) is 20.1 Å². The van der Waals surface area contributed by atoms with Crippen molar-refractivity contribution in [3.05, 3.63) is 28.5 Å². The third kappa shape index (κ3) is 3.52. The highest BCUT2D eigenvalue weighted by Crippen LogP contribution is 2.09. The van der Waals surface area contributed by atoms with Gasteiger partial charge in [0.25, 0.3) is 0 Å². The summed E-state index contributed by atoms with van der Waals surface area (Å²) in [7, 11) is 1.74. The molecule has 2 aromatic rings. The van der Waals surface area contributed by atoms with Crippen molar-refractivity contribution in [3.63, 3.8) is 0 Å². The van der Waals surface area contributed by atoms with E-state index >= 15 is 0 Å². The lowest BCUT2D eigenvalue weighted by Crippen LogP contribution is -2.28. The number of hydrogen-bond acceptors (Lipinski definition) is 5. The van der Waals surface area contributed by atoms with Crippen LogP contribution in [0.3, 0.4) is 0 Å². The van der Waals surface area contributed by atoms with Crippen LogP contribution in [0.4, 0.5) is 10.5 Å². The van der Waals surface area contributed by atoms with Crippen LogP contribution in [-0.2, 0) is 13.6 Å². The maximum Gasteiger partial charge on any atom is 0.355 e. The number of urea groups is 1. The molecule has 9 heteroatoms. The van der Waals surface area contributed by atoms with Gasteiger partial charge in [-0.15, -0.1) is 11.3 Å². The fourth-order valence-corrected chi connectivity index (χ4v) is 2.02. The molecule has 0 unspecified atom stereocenters. The molecule has 19 heavy (non-hydrogen) atoms. The van der Waals surface area contributed by atoms with Crippen LogP contribution in [0.25, 0.3) is 0 Å². The molecule has 0 saturated heterocycles. The minimum atomic E-state index is -1.08. The Kier molecular flexibility index (Phi) is 3.76. The number of thiazole rings is 1. The summed E-state index contributed by atoms with van der Waals surface area (Å²) in [6.45, 7) is 0.171. The Morgan fingerprint density at radius 1 is 1.53 bits per heavy atom. The van der Waals surface area contributed by atoms with Gasteiger partial charge in [-0.2, -0.15) is 5.10 Å². The highest BCUT2D eigenvalue weighted by Gasteiger charge is 2.09. The van der Waals surface area contributed by atoms with Gasteiger partial charge in [-0.05, 0) is 0 Å². The first kappa shape index (κ1) is 13.0. The molecule has 0 aromatic carbocycles. The number of hydrogen-bond donors (Lipinski definition) is 3. The molecule has 2 heterocycles. The van der Waals surface area contributed by atoms with Gasteiger partial charge in [0.05, 0.1) is 18.4 Å². The third-order valence-electron chi connectivity index (χ3n) is 2.13. The summed E-state index contributed by atoms with van der Waals surface area (Å²) in [5.74, 6) is -1.08. The second kappa shape index (κ2) is 5.48. The van der Waals surface area contributed by atoms with Crippen LogP contribution in [0.15, 0.2) is 17.8 Å². The Hall–Kier alpha value is -2.42. The van der Waals surface area contributed by atoms with E-state index in [0.717, 1.165) is 0 Å². The lowest BCUT2D eigenvalue weighted by molar-refractivity contribution is 0.0691. The topological polar surface area (TPSA) is 109 Å². The van der Waals surface area contributed by atoms with Crippen LogP contribution in [-0.4, -0.2) is 31.9 Å². The summed E-state index contributed by atoms with van der Waals surface area (Å²) in [6, 6.07) is -0.403. The van der Waals surface area contributed by atoms with Crippen molar-refractivity contribution >= 4 is 29.0 Å². The molecular formula is C10H11N5O3S. The van der Waals surface area contributed by atoms with Gasteiger partial charge in [-0.25, -0.2) is 14.6 Å². The van der Waals surface area contributed by atoms with Crippen LogP contribution in [0, 0.1) is 0 Å². The second-order valence-electron chi connectivity index (χ2n) is 3.64. The fraction of sp³-hybridized carbons (Fsp3) is 0.200. The number of aromatic carboxylic acids is 1. The molecule has 0 fully saturated rings. The van der Waals surface area contributed by atoms with Gasteiger partial charge in [0.1, 0.15) is 5.01 Å². The predicted molar refractivity (Wildman–Crippen MR) is 68.1 cm³/mol. The lowest BCUT2D eigenvalue weighted by atomic mass is 10.5. The monoisotopic (exact) mass is 281 g/mol. The highest BCUT2D eigenvalue weighted by atomic mass is 32.1. The molecule has 0 atom stereocenters. The SMILES string of the molecule is Cn1cc(NC(=O)NCc2nc(C(=O)O)cs2)cn1. The molecule has 0 spiro atoms. The van der Waals surface area contributed by atoms with Crippen LogP contribution < -0.4 is 10.6 Å². The molecule has 2 rings (SSSR count). The molecule has 100 valence electrons. The maximum atomic E-state index is 11.5. The van der Waals surface area contributed by atoms with E-state index in [9.17, 15) is 9.59 Å². The number of aromatic nitrogens is 3. The van der Waals surface area contributed by atoms with E-state index in [2.05, 4.69) is 20.7 Å². The van der Waals surface area contributed by atoms with Crippen molar-refractivity contribution in [2.24, 2.45) is 7.05 Å². The molecule has 0 saturated carbocycles. The average molecular weight is 281 g/mol. The molecule has 0 aliphatic rings. The number of carbonyl (C=O) groups excluding carboxylic acids is 1. The normalized spacial score (nSPS) is 10.2. The zero-order valence-electron chi connectivity index (χ0n) is 9.95. The Balaban J connectivity index is 1.84. The quantitative estimate of drug-likeness (QED) is 0.771. The van der Waals surface area contributed by atoms with E-state index in [0.29, 0.717) is 10.7 Å². The highest BCUT2D eigenvalue weighted by molar-refractivity contribution is 7.09. The Bertz CT molecular complexity index is 606. The van der Waals surface area contributed by atoms with Crippen LogP contribution in [0.2, 0.25) is 0 Å². The first-order chi connectivity index (χ1) is 9.04. The van der Waals surface area contributed by atoms with Gasteiger partial charge in [-0.1, -0.05) is 0 Å². The first-order valence-electron chi connectivity index (χ1n) is 5.26. The van der Waals surface area contributed by atoms with E-state index in [1.165, 1.54) is 22.9 Å². The number of amides is 2. The standard InChI is InChI=1S/C10H11N5O3S/c1-15-4-6(2-12-15)13-10(18)11-3-8-14-7(5-19-8)9(16)17/h2,4-5H,3H2,1H3,(H,16,17)(H2,11,13,18). The molecule has 2 amide bonds. The zero-order chi connectivity index (χ0) is 13.8. The van der Waals surface area contributed by atoms with E-state index < -0.39 is 12.0 Å². The Morgan fingerprint density at radius 2 is 2.32 bits per heavy atom. The average Bonchev–Trinajstić information content (AvgIpc) is 2.96. The molecule has 2 aromatic heterocycles. The number of aryl methyl sites for hydroxylation is 1. The van der Waals surface area contributed by atoms with E-state index in [-0.39, 0.29) is 12.2 Å². The number of nitrogens with zero attached hydrogens (tertiary/aromatic N) is 3. The smallest absolute Gasteiger partial charge is 0.355 e. The largest absolute Gasteiger partial charge is 0.476 e. The van der Waals surface area contributed by atoms with E-state index in [1.807, 2.05) is 0 Å². The number of anilines is 1. The molecule has 0 aliphatic carbocycles. The van der Waals surface area contributed by atoms with Gasteiger partial charge in [0.2, 0.25) is 0 Å². The van der Waals surface area contributed by atoms with Gasteiger partial charge in [0.15, 0.2) is 5.69 Å². The summed E-state index contributed by atoms with van der Waals surface area (Å²) >= 11 is 1.18. The number of carboxylic acid groups (broad SMARTS) is 1. The zero-order valence-corrected chi connectivity index (χ0v) is 10.8. The summed E-state index contributed by atoms with van der Waals surface area (Å²) in [5, 5.41) is 19.7. The van der Waals surface area contributed by atoms with Crippen molar-refractivity contribution in [2.75, 3.05) is 5.32 Å². The number of carbonyl (C=O) groups is 2. The molecule has 3 N–H and O–H groups in total. The van der Waals surface area contributed by atoms with Crippen LogP contribution >= 0.6 is 11.3 Å². The third-order valence-corrected chi connectivity index (χ3v) is 2.98. The van der Waals surface area contributed by atoms with Gasteiger partial charge >= 0.3 is 12.0 Å². The predicted octanol–water partition coefficient (Wildman–Crippen LogP) is 0.896. The molecule has 0 bridgehead atoms. The van der Waals surface area contributed by atoms with Crippen molar-refractivity contribution in [2.45, 2.75) is 6.54 Å². The lowest BCUT2D eigenvalue weighted by Gasteiger charge is -2.03. The molecule has 0 radical (unpaired) electrons. The van der Waals surface area contributed by atoms with E-state index in [1.54, 1.807) is 17.9 Å². The number of carboxylic acids is 1. The minimum Gasteiger partial charge on any atom is -0.476 e. The first-order valence-corrected chi connectivity index (χ1v) is 6.14. The van der Waals surface area contributed by atoms with Gasteiger partial charge < -0.3 is 15.7 Å². The molecule has 0 aliphatic heterocycles. The minimum absolute atomic E-state index is 0.0190. The Morgan fingerprint density at radius 3 is 2.89 bits per heavy atom. The van der Waals surface area contributed by atoms with Gasteiger partial charge in [0, 0.05) is 18.6 Å². The molecular weight excluding hydrogens is 270 g/mol. The van der Waals surface area contributed by atoms with Crippen molar-refractivity contribution in [1.29, 1.82) is 0 Å². The maximum absolute atomic E-state index is 11.5. The second-order valence-corrected chi connectivity index (χ2v) is 4.58. The number of nitrogens with one attached hydrogen (secondary N) is 2. The Labute approximate surface area is 112 Å². The fourth-order valence-electron chi connectivity index (χ4n) is 1.31. The summed E-state index contributed by atoms with van der Waals surface area (Å²) in [4.78, 5) is 26.0. The summed E-state index contributed by atoms with van der Waals surface area (Å²) in [6.07, 6.45) is 3.18. The van der Waals surface area contributed by atoms with Crippen molar-refractivity contribution in [3.8, 4) is 0 Å².